The molecular weight excluding hydrogens is 586 g/mol. The number of benzene rings is 4. The Morgan fingerprint density at radius 1 is 0.447 bits per heavy atom. The fourth-order valence-electron chi connectivity index (χ4n) is 5.89. The number of nitrogens with zero attached hydrogens (tertiary/aromatic N) is 7. The van der Waals surface area contributed by atoms with Gasteiger partial charge in [-0.1, -0.05) is 97.1 Å². The number of nitrogens with one attached hydrogen (secondary N) is 2. The third-order valence-electron chi connectivity index (χ3n) is 8.23. The summed E-state index contributed by atoms with van der Waals surface area (Å²) in [4.78, 5) is 36.8. The van der Waals surface area contributed by atoms with Gasteiger partial charge >= 0.3 is 0 Å². The number of likely N-dealkylation sites (N-methyl/N-ethyl adjacent to an activating group) is 1. The molecular formula is C37H32N9O+. The smallest absolute Gasteiger partial charge is 0.164 e. The second-order valence-corrected chi connectivity index (χ2v) is 12.5. The van der Waals surface area contributed by atoms with Crippen LogP contribution >= 0.6 is 0 Å². The summed E-state index contributed by atoms with van der Waals surface area (Å²) in [6.45, 7) is 1.11. The number of rotatable bonds is 2. The van der Waals surface area contributed by atoms with Crippen LogP contribution in [0.4, 0.5) is 0 Å². The Bertz CT molecular complexity index is 2170. The van der Waals surface area contributed by atoms with Gasteiger partial charge in [-0.15, -0.1) is 0 Å². The first-order valence-electron chi connectivity index (χ1n) is 15.5. The van der Waals surface area contributed by atoms with E-state index in [1.54, 1.807) is 0 Å². The molecule has 5 heterocycles. The van der Waals surface area contributed by atoms with E-state index in [-0.39, 0.29) is 6.61 Å². The number of aromatic amines is 2. The van der Waals surface area contributed by atoms with Gasteiger partial charge in [0.25, 0.3) is 0 Å². The van der Waals surface area contributed by atoms with E-state index < -0.39 is 0 Å². The summed E-state index contributed by atoms with van der Waals surface area (Å²) in [5.41, 5.74) is 6.45. The predicted molar refractivity (Wildman–Crippen MR) is 186 cm³/mol. The van der Waals surface area contributed by atoms with Crippen molar-refractivity contribution in [3.8, 4) is 45.6 Å². The summed E-state index contributed by atoms with van der Waals surface area (Å²) in [5.74, 6) is 2.39. The number of aromatic nitrogens is 8. The molecule has 10 heteroatoms. The van der Waals surface area contributed by atoms with E-state index in [9.17, 15) is 0 Å². The lowest BCUT2D eigenvalue weighted by Gasteiger charge is -2.21. The molecule has 0 saturated carbocycles. The Balaban J connectivity index is 0.000000420. The topological polar surface area (TPSA) is 129 Å². The molecule has 0 atom stereocenters. The third-order valence-corrected chi connectivity index (χ3v) is 8.23. The zero-order chi connectivity index (χ0) is 32.1. The average molecular weight is 619 g/mol. The average Bonchev–Trinajstić information content (AvgIpc) is 3.80. The standard InChI is InChI=1S/C32H18N8.C5H14NO/c1-2-10-18-17(9-1)25-33-26(18)38-28-21-13-5-6-14-22(21)30(35-28)40-32-24-16-8-7-15-23(24)31(36-32)39-29-20-12-4-3-11-19(20)27(34-29)37-25;1-6(2,3)4-5-7/h1-16H,(H2,33,34,35,36,37,38,39,40);7H,4-5H2,1-3H3/q;+1. The van der Waals surface area contributed by atoms with Gasteiger partial charge in [0, 0.05) is 43.8 Å². The van der Waals surface area contributed by atoms with Crippen molar-refractivity contribution in [2.24, 2.45) is 0 Å². The highest BCUT2D eigenvalue weighted by atomic mass is 16.3. The Hall–Kier alpha value is -5.84. The molecule has 7 aromatic rings. The summed E-state index contributed by atoms with van der Waals surface area (Å²) < 4.78 is 0.844. The molecule has 47 heavy (non-hydrogen) atoms. The van der Waals surface area contributed by atoms with Crippen molar-refractivity contribution < 1.29 is 9.59 Å². The highest BCUT2D eigenvalue weighted by Gasteiger charge is 2.21. The van der Waals surface area contributed by atoms with Crippen LogP contribution < -0.4 is 0 Å². The number of hydrogen-bond donors (Lipinski definition) is 3. The van der Waals surface area contributed by atoms with Crippen LogP contribution in [0.1, 0.15) is 0 Å². The van der Waals surface area contributed by atoms with Crippen molar-refractivity contribution in [3.63, 3.8) is 0 Å². The maximum Gasteiger partial charge on any atom is 0.164 e. The molecule has 230 valence electrons. The second-order valence-electron chi connectivity index (χ2n) is 12.5. The van der Waals surface area contributed by atoms with E-state index in [0.717, 1.165) is 54.8 Å². The maximum absolute atomic E-state index is 8.39. The summed E-state index contributed by atoms with van der Waals surface area (Å²) in [6, 6.07) is 32.2. The fourth-order valence-corrected chi connectivity index (χ4v) is 5.89. The lowest BCUT2D eigenvalue weighted by atomic mass is 10.1. The quantitative estimate of drug-likeness (QED) is 0.187. The minimum atomic E-state index is 0.281. The zero-order valence-corrected chi connectivity index (χ0v) is 26.2. The monoisotopic (exact) mass is 618 g/mol. The highest BCUT2D eigenvalue weighted by Crippen LogP contribution is 2.36. The molecule has 2 aliphatic rings. The summed E-state index contributed by atoms with van der Waals surface area (Å²) in [6.07, 6.45) is 0. The second kappa shape index (κ2) is 11.2. The van der Waals surface area contributed by atoms with Crippen LogP contribution in [0.15, 0.2) is 97.1 Å². The van der Waals surface area contributed by atoms with Crippen molar-refractivity contribution in [3.05, 3.63) is 97.1 Å². The Labute approximate surface area is 270 Å². The number of H-pyrrole nitrogens is 2. The van der Waals surface area contributed by atoms with E-state index in [2.05, 4.69) is 31.1 Å². The molecule has 0 saturated heterocycles. The first kappa shape index (κ1) is 28.6. The largest absolute Gasteiger partial charge is 0.391 e. The van der Waals surface area contributed by atoms with E-state index in [1.165, 1.54) is 0 Å². The van der Waals surface area contributed by atoms with E-state index in [0.29, 0.717) is 45.9 Å². The van der Waals surface area contributed by atoms with Crippen LogP contribution in [0.3, 0.4) is 0 Å². The van der Waals surface area contributed by atoms with E-state index in [4.69, 9.17) is 35.0 Å². The predicted octanol–water partition coefficient (Wildman–Crippen LogP) is 6.55. The van der Waals surface area contributed by atoms with Gasteiger partial charge in [0.1, 0.15) is 29.1 Å². The van der Waals surface area contributed by atoms with Gasteiger partial charge in [-0.3, -0.25) is 0 Å². The molecule has 10 nitrogen and oxygen atoms in total. The molecule has 0 unspecified atom stereocenters. The molecule has 0 spiro atoms. The molecule has 0 amide bonds. The lowest BCUT2D eigenvalue weighted by molar-refractivity contribution is -0.870. The Morgan fingerprint density at radius 2 is 0.723 bits per heavy atom. The number of aliphatic hydroxyl groups is 1. The number of fused-ring (bicyclic) bond motifs is 20. The molecule has 8 bridgehead atoms. The van der Waals surface area contributed by atoms with Gasteiger partial charge in [-0.05, 0) is 0 Å². The highest BCUT2D eigenvalue weighted by molar-refractivity contribution is 6.06. The van der Waals surface area contributed by atoms with Crippen LogP contribution in [0.25, 0.3) is 89.7 Å². The summed E-state index contributed by atoms with van der Waals surface area (Å²) in [5, 5.41) is 12.2. The first-order valence-corrected chi connectivity index (χ1v) is 15.5. The number of quaternary nitrogens is 1. The maximum atomic E-state index is 8.39. The Kier molecular flexibility index (Phi) is 6.82. The summed E-state index contributed by atoms with van der Waals surface area (Å²) in [7, 11) is 6.16. The van der Waals surface area contributed by atoms with Gasteiger partial charge in [0.05, 0.1) is 27.7 Å². The van der Waals surface area contributed by atoms with Gasteiger partial charge in [0.2, 0.25) is 0 Å². The zero-order valence-electron chi connectivity index (χ0n) is 26.2. The van der Waals surface area contributed by atoms with Crippen molar-refractivity contribution in [2.45, 2.75) is 0 Å². The molecule has 0 aliphatic carbocycles. The lowest BCUT2D eigenvalue weighted by Crippen LogP contribution is -2.36. The molecule has 4 aromatic carbocycles. The van der Waals surface area contributed by atoms with Crippen LogP contribution in [-0.2, 0) is 0 Å². The van der Waals surface area contributed by atoms with Gasteiger partial charge < -0.3 is 19.6 Å². The van der Waals surface area contributed by atoms with Crippen molar-refractivity contribution in [1.29, 1.82) is 0 Å². The van der Waals surface area contributed by atoms with Gasteiger partial charge in [-0.25, -0.2) is 29.9 Å². The first-order chi connectivity index (χ1) is 22.9. The molecule has 9 rings (SSSR count). The normalized spacial score (nSPS) is 12.0. The molecule has 0 fully saturated rings. The molecule has 3 aromatic heterocycles. The number of hydrogen-bond acceptors (Lipinski definition) is 7. The molecule has 0 radical (unpaired) electrons. The van der Waals surface area contributed by atoms with E-state index in [1.807, 2.05) is 97.1 Å². The third kappa shape index (κ3) is 5.19. The van der Waals surface area contributed by atoms with E-state index >= 15 is 0 Å². The van der Waals surface area contributed by atoms with Crippen LogP contribution in [0.5, 0.6) is 0 Å². The fraction of sp³-hybridized carbons (Fsp3) is 0.135. The van der Waals surface area contributed by atoms with Crippen LogP contribution in [0.2, 0.25) is 0 Å². The summed E-state index contributed by atoms with van der Waals surface area (Å²) >= 11 is 0. The molecule has 2 aliphatic heterocycles. The van der Waals surface area contributed by atoms with Crippen molar-refractivity contribution >= 4 is 44.1 Å². The number of aliphatic hydroxyl groups excluding tert-OH is 1. The SMILES string of the molecule is C[N+](C)(C)CCO.c1ccc2c(c1)-c1nc-2nc2[nH]c(nc3nc(nc4[nH]c(n1)c1ccccc41)-c1ccccc1-3)c1ccccc21. The van der Waals surface area contributed by atoms with Crippen molar-refractivity contribution in [1.82, 2.24) is 39.9 Å². The minimum absolute atomic E-state index is 0.281. The van der Waals surface area contributed by atoms with Crippen LogP contribution in [-0.4, -0.2) is 83.8 Å². The molecule has 3 N–H and O–H groups in total. The minimum Gasteiger partial charge on any atom is -0.391 e. The van der Waals surface area contributed by atoms with Gasteiger partial charge in [-0.2, -0.15) is 0 Å². The Morgan fingerprint density at radius 3 is 0.957 bits per heavy atom. The van der Waals surface area contributed by atoms with Crippen molar-refractivity contribution in [2.75, 3.05) is 34.3 Å². The van der Waals surface area contributed by atoms with Crippen LogP contribution in [0, 0.1) is 0 Å². The van der Waals surface area contributed by atoms with Gasteiger partial charge in [0.15, 0.2) is 23.3 Å².